The van der Waals surface area contributed by atoms with Crippen molar-refractivity contribution < 1.29 is 0 Å². The van der Waals surface area contributed by atoms with Crippen LogP contribution in [-0.4, -0.2) is 33.8 Å². The van der Waals surface area contributed by atoms with Crippen LogP contribution in [0.1, 0.15) is 44.3 Å². The molecule has 2 unspecified atom stereocenters. The van der Waals surface area contributed by atoms with Crippen LogP contribution in [0.5, 0.6) is 0 Å². The normalized spacial score (nSPS) is 30.3. The summed E-state index contributed by atoms with van der Waals surface area (Å²) < 4.78 is 2.18. The monoisotopic (exact) mass is 248 g/mol. The zero-order valence-electron chi connectivity index (χ0n) is 11.3. The maximum Gasteiger partial charge on any atom is 0.0764 e. The van der Waals surface area contributed by atoms with Crippen molar-refractivity contribution in [1.82, 2.24) is 14.7 Å². The van der Waals surface area contributed by atoms with E-state index in [-0.39, 0.29) is 0 Å². The smallest absolute Gasteiger partial charge is 0.0764 e. The first-order chi connectivity index (χ1) is 8.72. The molecule has 2 N–H and O–H groups in total. The van der Waals surface area contributed by atoms with E-state index < -0.39 is 0 Å². The second kappa shape index (κ2) is 5.02. The lowest BCUT2D eigenvalue weighted by molar-refractivity contribution is 0.312. The lowest BCUT2D eigenvalue weighted by atomic mass is 10.1. The zero-order valence-corrected chi connectivity index (χ0v) is 11.3. The fraction of sp³-hybridized carbons (Fsp3) is 0.786. The molecule has 4 nitrogen and oxygen atoms in total. The number of hydrogen-bond acceptors (Lipinski definition) is 3. The molecule has 1 aliphatic heterocycles. The van der Waals surface area contributed by atoms with E-state index in [1.165, 1.54) is 31.4 Å². The van der Waals surface area contributed by atoms with Gasteiger partial charge in [0, 0.05) is 31.9 Å². The van der Waals surface area contributed by atoms with Crippen LogP contribution >= 0.6 is 0 Å². The second-order valence-electron chi connectivity index (χ2n) is 6.06. The Balaban J connectivity index is 1.60. The molecule has 2 atom stereocenters. The third-order valence-corrected chi connectivity index (χ3v) is 4.49. The predicted molar refractivity (Wildman–Crippen MR) is 72.1 cm³/mol. The molecule has 2 aliphatic rings. The van der Waals surface area contributed by atoms with Gasteiger partial charge in [-0.25, -0.2) is 0 Å². The first-order valence-electron chi connectivity index (χ1n) is 7.24. The Morgan fingerprint density at radius 3 is 2.78 bits per heavy atom. The Morgan fingerprint density at radius 1 is 1.33 bits per heavy atom. The summed E-state index contributed by atoms with van der Waals surface area (Å²) in [6.45, 7) is 5.31. The fourth-order valence-corrected chi connectivity index (χ4v) is 3.29. The Hall–Kier alpha value is -0.870. The van der Waals surface area contributed by atoms with Crippen molar-refractivity contribution in [3.63, 3.8) is 0 Å². The molecule has 0 spiro atoms. The largest absolute Gasteiger partial charge is 0.326 e. The highest BCUT2D eigenvalue weighted by atomic mass is 15.3. The average Bonchev–Trinajstić information content (AvgIpc) is 3.02. The van der Waals surface area contributed by atoms with Crippen LogP contribution in [0, 0.1) is 5.92 Å². The first-order valence-corrected chi connectivity index (χ1v) is 7.24. The molecule has 1 aromatic rings. The Morgan fingerprint density at radius 2 is 2.11 bits per heavy atom. The predicted octanol–water partition coefficient (Wildman–Crippen LogP) is 1.78. The summed E-state index contributed by atoms with van der Waals surface area (Å²) in [6, 6.07) is 3.16. The molecule has 4 heteroatoms. The molecule has 2 fully saturated rings. The van der Waals surface area contributed by atoms with Gasteiger partial charge in [-0.15, -0.1) is 0 Å². The quantitative estimate of drug-likeness (QED) is 0.887. The standard InChI is InChI=1S/C14H24N4/c1-11-8-17(10-14(11)15)9-12-6-7-18(16-12)13-4-2-3-5-13/h6-7,11,13-14H,2-5,8-10,15H2,1H3. The van der Waals surface area contributed by atoms with Gasteiger partial charge in [0.05, 0.1) is 11.7 Å². The van der Waals surface area contributed by atoms with E-state index >= 15 is 0 Å². The summed E-state index contributed by atoms with van der Waals surface area (Å²) in [4.78, 5) is 2.43. The Bertz CT molecular complexity index is 384. The van der Waals surface area contributed by atoms with Crippen molar-refractivity contribution in [2.45, 2.75) is 51.2 Å². The number of likely N-dealkylation sites (tertiary alicyclic amines) is 1. The maximum absolute atomic E-state index is 6.06. The molecular weight excluding hydrogens is 224 g/mol. The minimum absolute atomic E-state index is 0.335. The summed E-state index contributed by atoms with van der Waals surface area (Å²) in [6.07, 6.45) is 7.47. The number of rotatable bonds is 3. The van der Waals surface area contributed by atoms with E-state index in [1.807, 2.05) is 0 Å². The minimum Gasteiger partial charge on any atom is -0.326 e. The molecule has 1 aromatic heterocycles. The van der Waals surface area contributed by atoms with Crippen LogP contribution in [0.2, 0.25) is 0 Å². The summed E-state index contributed by atoms with van der Waals surface area (Å²) in [5.74, 6) is 0.613. The zero-order chi connectivity index (χ0) is 12.5. The number of nitrogens with two attached hydrogens (primary N) is 1. The van der Waals surface area contributed by atoms with Gasteiger partial charge in [-0.3, -0.25) is 9.58 Å². The topological polar surface area (TPSA) is 47.1 Å². The summed E-state index contributed by atoms with van der Waals surface area (Å²) in [5, 5.41) is 4.74. The SMILES string of the molecule is CC1CN(Cc2ccn(C3CCCC3)n2)CC1N. The van der Waals surface area contributed by atoms with Crippen molar-refractivity contribution in [2.24, 2.45) is 11.7 Å². The van der Waals surface area contributed by atoms with Crippen molar-refractivity contribution >= 4 is 0 Å². The summed E-state index contributed by atoms with van der Waals surface area (Å²) >= 11 is 0. The van der Waals surface area contributed by atoms with E-state index in [9.17, 15) is 0 Å². The third kappa shape index (κ3) is 2.45. The lowest BCUT2D eigenvalue weighted by Crippen LogP contribution is -2.28. The molecule has 3 rings (SSSR count). The average molecular weight is 248 g/mol. The maximum atomic E-state index is 6.06. The van der Waals surface area contributed by atoms with Gasteiger partial charge in [-0.1, -0.05) is 19.8 Å². The summed E-state index contributed by atoms with van der Waals surface area (Å²) in [7, 11) is 0. The van der Waals surface area contributed by atoms with Crippen molar-refractivity contribution in [3.05, 3.63) is 18.0 Å². The van der Waals surface area contributed by atoms with Crippen LogP contribution in [0.4, 0.5) is 0 Å². The van der Waals surface area contributed by atoms with Crippen LogP contribution < -0.4 is 5.73 Å². The Kier molecular flexibility index (Phi) is 3.39. The van der Waals surface area contributed by atoms with Crippen molar-refractivity contribution in [1.29, 1.82) is 0 Å². The molecule has 2 heterocycles. The van der Waals surface area contributed by atoms with Crippen LogP contribution in [0.15, 0.2) is 12.3 Å². The first kappa shape index (κ1) is 12.2. The van der Waals surface area contributed by atoms with E-state index in [1.54, 1.807) is 0 Å². The van der Waals surface area contributed by atoms with Gasteiger partial charge in [-0.2, -0.15) is 5.10 Å². The molecule has 18 heavy (non-hydrogen) atoms. The van der Waals surface area contributed by atoms with Crippen molar-refractivity contribution in [2.75, 3.05) is 13.1 Å². The van der Waals surface area contributed by atoms with E-state index in [2.05, 4.69) is 28.8 Å². The summed E-state index contributed by atoms with van der Waals surface area (Å²) in [5.41, 5.74) is 7.26. The highest BCUT2D eigenvalue weighted by molar-refractivity contribution is 5.01. The second-order valence-corrected chi connectivity index (χ2v) is 6.06. The molecule has 0 bridgehead atoms. The van der Waals surface area contributed by atoms with Gasteiger partial charge in [0.25, 0.3) is 0 Å². The molecule has 0 amide bonds. The molecule has 1 aliphatic carbocycles. The molecule has 0 radical (unpaired) electrons. The van der Waals surface area contributed by atoms with Crippen LogP contribution in [0.3, 0.4) is 0 Å². The van der Waals surface area contributed by atoms with E-state index in [4.69, 9.17) is 10.8 Å². The van der Waals surface area contributed by atoms with E-state index in [0.717, 1.165) is 19.6 Å². The third-order valence-electron chi connectivity index (χ3n) is 4.49. The number of aromatic nitrogens is 2. The lowest BCUT2D eigenvalue weighted by Gasteiger charge is -2.13. The van der Waals surface area contributed by atoms with Crippen molar-refractivity contribution in [3.8, 4) is 0 Å². The van der Waals surface area contributed by atoms with Gasteiger partial charge in [0.2, 0.25) is 0 Å². The van der Waals surface area contributed by atoms with Gasteiger partial charge >= 0.3 is 0 Å². The van der Waals surface area contributed by atoms with Gasteiger partial charge in [0.1, 0.15) is 0 Å². The highest BCUT2D eigenvalue weighted by Gasteiger charge is 2.27. The van der Waals surface area contributed by atoms with E-state index in [0.29, 0.717) is 18.0 Å². The van der Waals surface area contributed by atoms with Gasteiger partial charge in [-0.05, 0) is 24.8 Å². The number of nitrogens with zero attached hydrogens (tertiary/aromatic N) is 3. The molecule has 1 saturated carbocycles. The fourth-order valence-electron chi connectivity index (χ4n) is 3.29. The van der Waals surface area contributed by atoms with Gasteiger partial charge in [0.15, 0.2) is 0 Å². The molecular formula is C14H24N4. The molecule has 100 valence electrons. The molecule has 1 saturated heterocycles. The highest BCUT2D eigenvalue weighted by Crippen LogP contribution is 2.28. The van der Waals surface area contributed by atoms with Crippen LogP contribution in [-0.2, 0) is 6.54 Å². The van der Waals surface area contributed by atoms with Gasteiger partial charge < -0.3 is 5.73 Å². The molecule has 0 aromatic carbocycles. The van der Waals surface area contributed by atoms with Crippen LogP contribution in [0.25, 0.3) is 0 Å². The minimum atomic E-state index is 0.335. The number of hydrogen-bond donors (Lipinski definition) is 1. The Labute approximate surface area is 109 Å².